The van der Waals surface area contributed by atoms with Gasteiger partial charge in [0.15, 0.2) is 11.6 Å². The Bertz CT molecular complexity index is 441. The minimum Gasteiger partial charge on any atom is -0.494 e. The van der Waals surface area contributed by atoms with Gasteiger partial charge in [-0.05, 0) is 20.2 Å². The molecule has 0 radical (unpaired) electrons. The van der Waals surface area contributed by atoms with Crippen LogP contribution in [0.15, 0.2) is 18.2 Å². The topological polar surface area (TPSA) is 35.9 Å². The number of aliphatic hydroxyl groups is 1. The zero-order chi connectivity index (χ0) is 14.0. The maximum atomic E-state index is 14.2. The van der Waals surface area contributed by atoms with E-state index in [0.717, 1.165) is 13.1 Å². The van der Waals surface area contributed by atoms with Gasteiger partial charge in [0, 0.05) is 25.2 Å². The summed E-state index contributed by atoms with van der Waals surface area (Å²) in [6.45, 7) is 2.54. The quantitative estimate of drug-likeness (QED) is 0.891. The summed E-state index contributed by atoms with van der Waals surface area (Å²) in [5, 5.41) is 10.5. The van der Waals surface area contributed by atoms with Gasteiger partial charge in [0.2, 0.25) is 0 Å². The molecule has 1 saturated heterocycles. The molecule has 1 aliphatic heterocycles. The Labute approximate surface area is 113 Å². The van der Waals surface area contributed by atoms with Crippen molar-refractivity contribution in [3.8, 4) is 5.75 Å². The molecule has 1 aliphatic rings. The highest BCUT2D eigenvalue weighted by molar-refractivity contribution is 5.33. The van der Waals surface area contributed by atoms with Crippen molar-refractivity contribution in [3.63, 3.8) is 0 Å². The molecule has 0 aromatic heterocycles. The zero-order valence-corrected chi connectivity index (χ0v) is 11.6. The van der Waals surface area contributed by atoms with Gasteiger partial charge < -0.3 is 14.7 Å². The number of hydrogen-bond donors (Lipinski definition) is 1. The number of piperazine rings is 1. The van der Waals surface area contributed by atoms with Gasteiger partial charge in [-0.2, -0.15) is 0 Å². The molecular weight excluding hydrogens is 247 g/mol. The number of benzene rings is 1. The predicted molar refractivity (Wildman–Crippen MR) is 71.8 cm³/mol. The first-order valence-corrected chi connectivity index (χ1v) is 6.44. The van der Waals surface area contributed by atoms with E-state index in [1.165, 1.54) is 7.11 Å². The highest BCUT2D eigenvalue weighted by Crippen LogP contribution is 2.29. The third-order valence-corrected chi connectivity index (χ3v) is 3.80. The summed E-state index contributed by atoms with van der Waals surface area (Å²) in [6, 6.07) is 4.76. The van der Waals surface area contributed by atoms with E-state index >= 15 is 0 Å². The SMILES string of the molecule is COc1cccc(C(O)C2CN(C)CCN2C)c1F. The van der Waals surface area contributed by atoms with Crippen LogP contribution in [0.25, 0.3) is 0 Å². The summed E-state index contributed by atoms with van der Waals surface area (Å²) in [7, 11) is 5.39. The van der Waals surface area contributed by atoms with Gasteiger partial charge >= 0.3 is 0 Å². The molecule has 2 atom stereocenters. The van der Waals surface area contributed by atoms with Crippen LogP contribution in [0.5, 0.6) is 5.75 Å². The Balaban J connectivity index is 2.25. The molecule has 106 valence electrons. The van der Waals surface area contributed by atoms with Crippen LogP contribution in [-0.4, -0.2) is 61.8 Å². The van der Waals surface area contributed by atoms with Crippen molar-refractivity contribution in [3.05, 3.63) is 29.6 Å². The third kappa shape index (κ3) is 2.88. The second kappa shape index (κ2) is 5.86. The first-order chi connectivity index (χ1) is 9.04. The van der Waals surface area contributed by atoms with Gasteiger partial charge in [0.05, 0.1) is 19.3 Å². The van der Waals surface area contributed by atoms with E-state index in [-0.39, 0.29) is 11.8 Å². The van der Waals surface area contributed by atoms with Gasteiger partial charge in [-0.3, -0.25) is 4.90 Å². The van der Waals surface area contributed by atoms with Crippen molar-refractivity contribution in [1.82, 2.24) is 9.80 Å². The lowest BCUT2D eigenvalue weighted by Gasteiger charge is -2.40. The molecule has 1 fully saturated rings. The molecule has 4 nitrogen and oxygen atoms in total. The van der Waals surface area contributed by atoms with Gasteiger partial charge in [0.25, 0.3) is 0 Å². The van der Waals surface area contributed by atoms with Crippen molar-refractivity contribution in [2.45, 2.75) is 12.1 Å². The Morgan fingerprint density at radius 1 is 1.37 bits per heavy atom. The fourth-order valence-corrected chi connectivity index (χ4v) is 2.51. The average molecular weight is 268 g/mol. The number of nitrogens with zero attached hydrogens (tertiary/aromatic N) is 2. The van der Waals surface area contributed by atoms with E-state index in [4.69, 9.17) is 4.74 Å². The Morgan fingerprint density at radius 3 is 2.79 bits per heavy atom. The molecule has 1 aromatic rings. The van der Waals surface area contributed by atoms with E-state index < -0.39 is 11.9 Å². The van der Waals surface area contributed by atoms with E-state index in [9.17, 15) is 9.50 Å². The summed E-state index contributed by atoms with van der Waals surface area (Å²) < 4.78 is 19.1. The molecule has 0 amide bonds. The van der Waals surface area contributed by atoms with Crippen molar-refractivity contribution < 1.29 is 14.2 Å². The van der Waals surface area contributed by atoms with Crippen LogP contribution in [-0.2, 0) is 0 Å². The number of likely N-dealkylation sites (N-methyl/N-ethyl adjacent to an activating group) is 2. The first-order valence-electron chi connectivity index (χ1n) is 6.44. The maximum Gasteiger partial charge on any atom is 0.170 e. The molecule has 0 aliphatic carbocycles. The molecule has 2 rings (SSSR count). The van der Waals surface area contributed by atoms with Gasteiger partial charge in [0.1, 0.15) is 0 Å². The van der Waals surface area contributed by atoms with Crippen LogP contribution < -0.4 is 4.74 Å². The molecule has 0 bridgehead atoms. The Hall–Kier alpha value is -1.17. The Morgan fingerprint density at radius 2 is 2.11 bits per heavy atom. The fourth-order valence-electron chi connectivity index (χ4n) is 2.51. The van der Waals surface area contributed by atoms with Crippen LogP contribution in [0.3, 0.4) is 0 Å². The summed E-state index contributed by atoms with van der Waals surface area (Å²) in [5.74, 6) is -0.303. The predicted octanol–water partition coefficient (Wildman–Crippen LogP) is 1.11. The largest absolute Gasteiger partial charge is 0.494 e. The number of rotatable bonds is 3. The summed E-state index contributed by atoms with van der Waals surface area (Å²) in [5.41, 5.74) is 0.298. The molecule has 5 heteroatoms. The first kappa shape index (κ1) is 14.2. The minimum absolute atomic E-state index is 0.111. The molecule has 19 heavy (non-hydrogen) atoms. The van der Waals surface area contributed by atoms with Crippen molar-refractivity contribution in [2.24, 2.45) is 0 Å². The summed E-state index contributed by atoms with van der Waals surface area (Å²) in [4.78, 5) is 4.22. The second-order valence-corrected chi connectivity index (χ2v) is 5.12. The van der Waals surface area contributed by atoms with E-state index in [2.05, 4.69) is 9.80 Å². The van der Waals surface area contributed by atoms with E-state index in [1.54, 1.807) is 18.2 Å². The number of ether oxygens (including phenoxy) is 1. The second-order valence-electron chi connectivity index (χ2n) is 5.12. The number of hydrogen-bond acceptors (Lipinski definition) is 4. The smallest absolute Gasteiger partial charge is 0.170 e. The van der Waals surface area contributed by atoms with Crippen LogP contribution in [0, 0.1) is 5.82 Å². The fraction of sp³-hybridized carbons (Fsp3) is 0.571. The van der Waals surface area contributed by atoms with Crippen LogP contribution in [0.2, 0.25) is 0 Å². The zero-order valence-electron chi connectivity index (χ0n) is 11.6. The number of halogens is 1. The molecule has 0 spiro atoms. The highest BCUT2D eigenvalue weighted by Gasteiger charge is 2.31. The number of aliphatic hydroxyl groups excluding tert-OH is 1. The standard InChI is InChI=1S/C14H21FN2O2/c1-16-7-8-17(2)11(9-16)14(18)10-5-4-6-12(19-3)13(10)15/h4-6,11,14,18H,7-9H2,1-3H3. The van der Waals surface area contributed by atoms with Gasteiger partial charge in [-0.15, -0.1) is 0 Å². The minimum atomic E-state index is -0.858. The summed E-state index contributed by atoms with van der Waals surface area (Å²) in [6.07, 6.45) is -0.858. The van der Waals surface area contributed by atoms with Crippen LogP contribution in [0.4, 0.5) is 4.39 Å². The monoisotopic (exact) mass is 268 g/mol. The van der Waals surface area contributed by atoms with Crippen molar-refractivity contribution in [2.75, 3.05) is 40.8 Å². The van der Waals surface area contributed by atoms with Crippen molar-refractivity contribution >= 4 is 0 Å². The normalized spacial score (nSPS) is 23.3. The molecule has 1 aromatic carbocycles. The highest BCUT2D eigenvalue weighted by atomic mass is 19.1. The maximum absolute atomic E-state index is 14.2. The van der Waals surface area contributed by atoms with Crippen LogP contribution >= 0.6 is 0 Å². The van der Waals surface area contributed by atoms with Gasteiger partial charge in [-0.1, -0.05) is 12.1 Å². The third-order valence-electron chi connectivity index (χ3n) is 3.80. The lowest BCUT2D eigenvalue weighted by molar-refractivity contribution is 0.0120. The lowest BCUT2D eigenvalue weighted by atomic mass is 9.98. The summed E-state index contributed by atoms with van der Waals surface area (Å²) >= 11 is 0. The molecule has 1 heterocycles. The molecule has 0 saturated carbocycles. The number of methoxy groups -OCH3 is 1. The molecule has 2 unspecified atom stereocenters. The van der Waals surface area contributed by atoms with Gasteiger partial charge in [-0.25, -0.2) is 4.39 Å². The van der Waals surface area contributed by atoms with Crippen LogP contribution in [0.1, 0.15) is 11.7 Å². The van der Waals surface area contributed by atoms with Crippen molar-refractivity contribution in [1.29, 1.82) is 0 Å². The molecular formula is C14H21FN2O2. The van der Waals surface area contributed by atoms with E-state index in [0.29, 0.717) is 12.1 Å². The Kier molecular flexibility index (Phi) is 4.39. The average Bonchev–Trinajstić information content (AvgIpc) is 2.41. The van der Waals surface area contributed by atoms with E-state index in [1.807, 2.05) is 14.1 Å². The lowest BCUT2D eigenvalue weighted by Crippen LogP contribution is -2.52. The molecule has 1 N–H and O–H groups in total.